The number of aromatic nitrogens is 1. The first-order valence-corrected chi connectivity index (χ1v) is 5.86. The second kappa shape index (κ2) is 4.71. The van der Waals surface area contributed by atoms with Gasteiger partial charge in [-0.25, -0.2) is 0 Å². The van der Waals surface area contributed by atoms with Crippen molar-refractivity contribution >= 4 is 27.5 Å². The van der Waals surface area contributed by atoms with E-state index < -0.39 is 0 Å². The number of carbonyl (C=O) groups excluding carboxylic acids is 1. The fourth-order valence-corrected chi connectivity index (χ4v) is 1.93. The van der Waals surface area contributed by atoms with Gasteiger partial charge in [-0.1, -0.05) is 21.1 Å². The van der Waals surface area contributed by atoms with Gasteiger partial charge in [0.2, 0.25) is 5.76 Å². The second-order valence-electron chi connectivity index (χ2n) is 3.75. The maximum atomic E-state index is 11.9. The minimum atomic E-state index is -0.287. The van der Waals surface area contributed by atoms with Crippen LogP contribution in [0, 0.1) is 13.8 Å². The first-order valence-electron chi connectivity index (χ1n) is 5.06. The van der Waals surface area contributed by atoms with Crippen molar-refractivity contribution in [1.29, 1.82) is 0 Å². The highest BCUT2D eigenvalue weighted by molar-refractivity contribution is 9.10. The lowest BCUT2D eigenvalue weighted by atomic mass is 10.2. The largest absolute Gasteiger partial charge is 0.351 e. The quantitative estimate of drug-likeness (QED) is 0.924. The van der Waals surface area contributed by atoms with Gasteiger partial charge in [-0.3, -0.25) is 4.79 Å². The Morgan fingerprint density at radius 1 is 1.35 bits per heavy atom. The van der Waals surface area contributed by atoms with Crippen LogP contribution in [0.2, 0.25) is 0 Å². The lowest BCUT2D eigenvalue weighted by molar-refractivity contribution is 0.0987. The van der Waals surface area contributed by atoms with Gasteiger partial charge in [0, 0.05) is 15.7 Å². The number of amides is 1. The minimum Gasteiger partial charge on any atom is -0.351 e. The Kier molecular flexibility index (Phi) is 3.28. The highest BCUT2D eigenvalue weighted by atomic mass is 79.9. The number of nitrogens with one attached hydrogen (secondary N) is 1. The molecule has 1 aromatic heterocycles. The molecule has 0 saturated carbocycles. The zero-order chi connectivity index (χ0) is 12.4. The van der Waals surface area contributed by atoms with Gasteiger partial charge in [-0.15, -0.1) is 0 Å². The highest BCUT2D eigenvalue weighted by Gasteiger charge is 2.14. The van der Waals surface area contributed by atoms with Gasteiger partial charge in [-0.05, 0) is 37.6 Å². The molecule has 2 rings (SSSR count). The third-order valence-electron chi connectivity index (χ3n) is 2.39. The van der Waals surface area contributed by atoms with E-state index in [1.54, 1.807) is 6.92 Å². The number of nitrogens with zero attached hydrogens (tertiary/aromatic N) is 1. The van der Waals surface area contributed by atoms with E-state index in [1.807, 2.05) is 25.1 Å². The number of benzene rings is 1. The van der Waals surface area contributed by atoms with Gasteiger partial charge in [-0.2, -0.15) is 0 Å². The summed E-state index contributed by atoms with van der Waals surface area (Å²) in [4.78, 5) is 11.9. The number of halogens is 1. The predicted octanol–water partition coefficient (Wildman–Crippen LogP) is 3.31. The van der Waals surface area contributed by atoms with Gasteiger partial charge in [0.15, 0.2) is 0 Å². The van der Waals surface area contributed by atoms with E-state index in [2.05, 4.69) is 26.4 Å². The van der Waals surface area contributed by atoms with E-state index in [0.29, 0.717) is 0 Å². The molecule has 0 spiro atoms. The SMILES string of the molecule is Cc1cc(Br)ccc1NC(=O)c1oncc1C. The molecule has 88 valence electrons. The van der Waals surface area contributed by atoms with Gasteiger partial charge in [0.05, 0.1) is 6.20 Å². The van der Waals surface area contributed by atoms with Crippen LogP contribution in [0.25, 0.3) is 0 Å². The van der Waals surface area contributed by atoms with Crippen molar-refractivity contribution in [3.05, 3.63) is 45.8 Å². The second-order valence-corrected chi connectivity index (χ2v) is 4.67. The predicted molar refractivity (Wildman–Crippen MR) is 68.1 cm³/mol. The van der Waals surface area contributed by atoms with Crippen LogP contribution in [0.3, 0.4) is 0 Å². The molecule has 1 amide bonds. The molecule has 1 heterocycles. The zero-order valence-electron chi connectivity index (χ0n) is 9.45. The molecule has 2 aromatic rings. The molecule has 0 atom stereocenters. The molecule has 0 fully saturated rings. The summed E-state index contributed by atoms with van der Waals surface area (Å²) < 4.78 is 5.87. The summed E-state index contributed by atoms with van der Waals surface area (Å²) in [6.07, 6.45) is 1.52. The topological polar surface area (TPSA) is 55.1 Å². The Morgan fingerprint density at radius 3 is 2.71 bits per heavy atom. The third kappa shape index (κ3) is 2.55. The molecule has 0 unspecified atom stereocenters. The standard InChI is InChI=1S/C12H11BrN2O2/c1-7-5-9(13)3-4-10(7)15-12(16)11-8(2)6-14-17-11/h3-6H,1-2H3,(H,15,16). The fraction of sp³-hybridized carbons (Fsp3) is 0.167. The monoisotopic (exact) mass is 294 g/mol. The van der Waals surface area contributed by atoms with Crippen LogP contribution >= 0.6 is 15.9 Å². The normalized spacial score (nSPS) is 10.3. The van der Waals surface area contributed by atoms with E-state index >= 15 is 0 Å². The molecule has 1 aromatic carbocycles. The van der Waals surface area contributed by atoms with Gasteiger partial charge < -0.3 is 9.84 Å². The van der Waals surface area contributed by atoms with Crippen LogP contribution in [-0.4, -0.2) is 11.1 Å². The number of rotatable bonds is 2. The Bertz CT molecular complexity index is 563. The number of hydrogen-bond acceptors (Lipinski definition) is 3. The summed E-state index contributed by atoms with van der Waals surface area (Å²) >= 11 is 3.37. The summed E-state index contributed by atoms with van der Waals surface area (Å²) in [6.45, 7) is 3.70. The van der Waals surface area contributed by atoms with Crippen molar-refractivity contribution in [3.63, 3.8) is 0 Å². The molecule has 17 heavy (non-hydrogen) atoms. The number of anilines is 1. The van der Waals surface area contributed by atoms with Crippen LogP contribution in [0.5, 0.6) is 0 Å². The Morgan fingerprint density at radius 2 is 2.12 bits per heavy atom. The minimum absolute atomic E-state index is 0.243. The van der Waals surface area contributed by atoms with E-state index in [4.69, 9.17) is 4.52 Å². The lowest BCUT2D eigenvalue weighted by Crippen LogP contribution is -2.12. The maximum Gasteiger partial charge on any atom is 0.294 e. The van der Waals surface area contributed by atoms with Crippen molar-refractivity contribution in [1.82, 2.24) is 5.16 Å². The molecule has 0 radical (unpaired) electrons. The molecule has 1 N–H and O–H groups in total. The molecule has 0 saturated heterocycles. The van der Waals surface area contributed by atoms with Crippen LogP contribution in [0.15, 0.2) is 33.4 Å². The molecule has 0 aliphatic heterocycles. The van der Waals surface area contributed by atoms with Crippen molar-refractivity contribution in [2.24, 2.45) is 0 Å². The fourth-order valence-electron chi connectivity index (χ4n) is 1.46. The van der Waals surface area contributed by atoms with Crippen molar-refractivity contribution in [2.75, 3.05) is 5.32 Å². The van der Waals surface area contributed by atoms with E-state index in [9.17, 15) is 4.79 Å². The zero-order valence-corrected chi connectivity index (χ0v) is 11.0. The smallest absolute Gasteiger partial charge is 0.294 e. The first-order chi connectivity index (χ1) is 8.08. The summed E-state index contributed by atoms with van der Waals surface area (Å²) in [6, 6.07) is 5.64. The van der Waals surface area contributed by atoms with Gasteiger partial charge in [0.25, 0.3) is 5.91 Å². The van der Waals surface area contributed by atoms with Gasteiger partial charge in [0.1, 0.15) is 0 Å². The molecular formula is C12H11BrN2O2. The Balaban J connectivity index is 2.22. The Labute approximate surface area is 107 Å². The summed E-state index contributed by atoms with van der Waals surface area (Å²) in [5, 5.41) is 6.36. The van der Waals surface area contributed by atoms with E-state index in [-0.39, 0.29) is 11.7 Å². The van der Waals surface area contributed by atoms with Crippen LogP contribution in [-0.2, 0) is 0 Å². The van der Waals surface area contributed by atoms with Crippen molar-refractivity contribution in [3.8, 4) is 0 Å². The van der Waals surface area contributed by atoms with Crippen LogP contribution in [0.4, 0.5) is 5.69 Å². The van der Waals surface area contributed by atoms with E-state index in [0.717, 1.165) is 21.3 Å². The number of hydrogen-bond donors (Lipinski definition) is 1. The highest BCUT2D eigenvalue weighted by Crippen LogP contribution is 2.21. The van der Waals surface area contributed by atoms with Gasteiger partial charge >= 0.3 is 0 Å². The molecule has 5 heteroatoms. The lowest BCUT2D eigenvalue weighted by Gasteiger charge is -2.07. The third-order valence-corrected chi connectivity index (χ3v) is 2.88. The number of aryl methyl sites for hydroxylation is 2. The maximum absolute atomic E-state index is 11.9. The molecule has 0 bridgehead atoms. The summed E-state index contributed by atoms with van der Waals surface area (Å²) in [5.74, 6) is -0.0438. The van der Waals surface area contributed by atoms with Crippen LogP contribution in [0.1, 0.15) is 21.7 Å². The molecule has 4 nitrogen and oxygen atoms in total. The molecular weight excluding hydrogens is 284 g/mol. The number of carbonyl (C=O) groups is 1. The average molecular weight is 295 g/mol. The molecule has 0 aliphatic rings. The van der Waals surface area contributed by atoms with Crippen molar-refractivity contribution < 1.29 is 9.32 Å². The van der Waals surface area contributed by atoms with Crippen LogP contribution < -0.4 is 5.32 Å². The summed E-state index contributed by atoms with van der Waals surface area (Å²) in [7, 11) is 0. The average Bonchev–Trinajstić information content (AvgIpc) is 2.68. The van der Waals surface area contributed by atoms with Crippen molar-refractivity contribution in [2.45, 2.75) is 13.8 Å². The first kappa shape index (κ1) is 11.9. The molecule has 0 aliphatic carbocycles. The van der Waals surface area contributed by atoms with E-state index in [1.165, 1.54) is 6.20 Å². The summed E-state index contributed by atoms with van der Waals surface area (Å²) in [5.41, 5.74) is 2.45. The Hall–Kier alpha value is -1.62.